The van der Waals surface area contributed by atoms with E-state index in [1.54, 1.807) is 11.8 Å². The van der Waals surface area contributed by atoms with Crippen LogP contribution in [0.1, 0.15) is 27.8 Å². The number of hydrogen-bond acceptors (Lipinski definition) is 7. The van der Waals surface area contributed by atoms with E-state index in [9.17, 15) is 4.79 Å². The first kappa shape index (κ1) is 21.3. The molecule has 1 fully saturated rings. The van der Waals surface area contributed by atoms with Crippen molar-refractivity contribution < 1.29 is 4.79 Å². The second-order valence-electron chi connectivity index (χ2n) is 8.56. The summed E-state index contributed by atoms with van der Waals surface area (Å²) in [6, 6.07) is 15.7. The van der Waals surface area contributed by atoms with E-state index < -0.39 is 0 Å². The molecule has 2 aliphatic rings. The predicted molar refractivity (Wildman–Crippen MR) is 133 cm³/mol. The summed E-state index contributed by atoms with van der Waals surface area (Å²) in [4.78, 5) is 29.2. The molecule has 4 aromatic rings. The highest BCUT2D eigenvalue weighted by Gasteiger charge is 2.29. The number of piperazine rings is 1. The molecule has 9 heteroatoms. The summed E-state index contributed by atoms with van der Waals surface area (Å²) < 4.78 is 2.25. The number of para-hydroxylation sites is 3. The number of aromatic nitrogens is 4. The molecule has 1 saturated heterocycles. The lowest BCUT2D eigenvalue weighted by Gasteiger charge is -2.26. The van der Waals surface area contributed by atoms with Crippen LogP contribution in [0.4, 0.5) is 5.69 Å². The number of rotatable bonds is 5. The van der Waals surface area contributed by atoms with Gasteiger partial charge in [0.05, 0.1) is 29.0 Å². The Hall–Kier alpha value is -3.27. The number of carbonyl (C=O) groups excluding carboxylic acids is 1. The van der Waals surface area contributed by atoms with Crippen molar-refractivity contribution in [2.75, 3.05) is 37.2 Å². The van der Waals surface area contributed by atoms with Crippen molar-refractivity contribution >= 4 is 34.4 Å². The number of carbonyl (C=O) groups is 1. The van der Waals surface area contributed by atoms with Gasteiger partial charge in [-0.1, -0.05) is 42.1 Å². The van der Waals surface area contributed by atoms with Gasteiger partial charge >= 0.3 is 0 Å². The second-order valence-corrected chi connectivity index (χ2v) is 9.55. The van der Waals surface area contributed by atoms with Crippen LogP contribution in [0.25, 0.3) is 11.0 Å². The number of anilines is 1. The van der Waals surface area contributed by atoms with Crippen LogP contribution in [0, 0.1) is 0 Å². The van der Waals surface area contributed by atoms with Gasteiger partial charge in [0.25, 0.3) is 5.91 Å². The van der Waals surface area contributed by atoms with Crippen molar-refractivity contribution in [1.82, 2.24) is 29.7 Å². The van der Waals surface area contributed by atoms with Gasteiger partial charge in [-0.05, 0) is 23.8 Å². The molecule has 2 aliphatic heterocycles. The molecule has 1 atom stereocenters. The molecule has 172 valence electrons. The second kappa shape index (κ2) is 9.17. The highest BCUT2D eigenvalue weighted by atomic mass is 32.2. The molecule has 0 spiro atoms. The third kappa shape index (κ3) is 4.18. The zero-order valence-corrected chi connectivity index (χ0v) is 19.5. The van der Waals surface area contributed by atoms with Crippen LogP contribution in [-0.4, -0.2) is 62.3 Å². The number of amides is 1. The minimum atomic E-state index is -0.262. The molecule has 0 bridgehead atoms. The third-order valence-electron chi connectivity index (χ3n) is 6.30. The molecular formula is C25H25N7OS. The quantitative estimate of drug-likeness (QED) is 0.462. The summed E-state index contributed by atoms with van der Waals surface area (Å²) >= 11 is 1.76. The van der Waals surface area contributed by atoms with Crippen molar-refractivity contribution in [2.24, 2.45) is 0 Å². The molecule has 0 saturated carbocycles. The van der Waals surface area contributed by atoms with Crippen LogP contribution in [0.15, 0.2) is 66.1 Å². The molecule has 2 aromatic heterocycles. The molecule has 4 heterocycles. The largest absolute Gasteiger partial charge is 0.320 e. The molecule has 8 nitrogen and oxygen atoms in total. The third-order valence-corrected chi connectivity index (χ3v) is 7.34. The van der Waals surface area contributed by atoms with E-state index in [1.807, 2.05) is 42.5 Å². The van der Waals surface area contributed by atoms with E-state index >= 15 is 0 Å². The molecule has 34 heavy (non-hydrogen) atoms. The minimum Gasteiger partial charge on any atom is -0.320 e. The van der Waals surface area contributed by atoms with E-state index in [0.717, 1.165) is 66.1 Å². The molecule has 1 unspecified atom stereocenters. The highest BCUT2D eigenvalue weighted by molar-refractivity contribution is 7.99. The number of nitrogens with one attached hydrogen (secondary N) is 2. The lowest BCUT2D eigenvalue weighted by molar-refractivity contribution is 0.102. The summed E-state index contributed by atoms with van der Waals surface area (Å²) in [5, 5.41) is 7.51. The SMILES string of the molecule is O=C(Nc1ccccc1C1CSc2nc(CN3CCNCC3)cn21)c1cnc2ccccc2n1. The van der Waals surface area contributed by atoms with Crippen LogP contribution in [0.3, 0.4) is 0 Å². The standard InChI is InChI=1S/C25H25N7OS/c33-24(22-13-27-20-7-3-4-8-21(20)29-22)30-19-6-2-1-5-18(19)23-16-34-25-28-17(15-32(23)25)14-31-11-9-26-10-12-31/h1-8,13,15,23,26H,9-12,14,16H2,(H,30,33). The smallest absolute Gasteiger partial charge is 0.275 e. The fourth-order valence-electron chi connectivity index (χ4n) is 4.56. The Labute approximate surface area is 201 Å². The van der Waals surface area contributed by atoms with Crippen molar-refractivity contribution in [3.63, 3.8) is 0 Å². The average molecular weight is 472 g/mol. The van der Waals surface area contributed by atoms with E-state index in [0.29, 0.717) is 11.2 Å². The van der Waals surface area contributed by atoms with Crippen molar-refractivity contribution in [1.29, 1.82) is 0 Å². The lowest BCUT2D eigenvalue weighted by atomic mass is 10.1. The van der Waals surface area contributed by atoms with Gasteiger partial charge in [0.1, 0.15) is 5.69 Å². The van der Waals surface area contributed by atoms with E-state index in [2.05, 4.69) is 42.3 Å². The average Bonchev–Trinajstić information content (AvgIpc) is 3.45. The number of thioether (sulfide) groups is 1. The molecule has 2 N–H and O–H groups in total. The number of hydrogen-bond donors (Lipinski definition) is 2. The molecule has 0 aliphatic carbocycles. The summed E-state index contributed by atoms with van der Waals surface area (Å²) in [6.07, 6.45) is 3.71. The van der Waals surface area contributed by atoms with Gasteiger partial charge in [-0.15, -0.1) is 0 Å². The first-order valence-corrected chi connectivity index (χ1v) is 12.5. The van der Waals surface area contributed by atoms with Gasteiger partial charge in [-0.25, -0.2) is 9.97 Å². The Morgan fingerprint density at radius 1 is 1.06 bits per heavy atom. The number of nitrogens with zero attached hydrogens (tertiary/aromatic N) is 5. The maximum atomic E-state index is 13.0. The Balaban J connectivity index is 1.24. The van der Waals surface area contributed by atoms with E-state index in [1.165, 1.54) is 6.20 Å². The van der Waals surface area contributed by atoms with E-state index in [4.69, 9.17) is 4.98 Å². The maximum absolute atomic E-state index is 13.0. The van der Waals surface area contributed by atoms with Crippen LogP contribution in [-0.2, 0) is 6.54 Å². The number of imidazole rings is 1. The fourth-order valence-corrected chi connectivity index (χ4v) is 5.72. The van der Waals surface area contributed by atoms with Crippen molar-refractivity contribution in [3.8, 4) is 0 Å². The molecule has 0 radical (unpaired) electrons. The van der Waals surface area contributed by atoms with Gasteiger partial charge in [0.15, 0.2) is 5.16 Å². The van der Waals surface area contributed by atoms with Gasteiger partial charge < -0.3 is 15.2 Å². The van der Waals surface area contributed by atoms with E-state index in [-0.39, 0.29) is 11.9 Å². The van der Waals surface area contributed by atoms with Gasteiger partial charge in [-0.3, -0.25) is 14.7 Å². The van der Waals surface area contributed by atoms with Gasteiger partial charge in [-0.2, -0.15) is 0 Å². The molecule has 2 aromatic carbocycles. The highest BCUT2D eigenvalue weighted by Crippen LogP contribution is 2.39. The van der Waals surface area contributed by atoms with Crippen LogP contribution < -0.4 is 10.6 Å². The summed E-state index contributed by atoms with van der Waals surface area (Å²) in [5.41, 5.74) is 4.74. The van der Waals surface area contributed by atoms with Gasteiger partial charge in [0, 0.05) is 50.4 Å². The van der Waals surface area contributed by atoms with Gasteiger partial charge in [0.2, 0.25) is 0 Å². The van der Waals surface area contributed by atoms with Crippen molar-refractivity contribution in [2.45, 2.75) is 17.7 Å². The normalized spacial score (nSPS) is 18.2. The molecule has 6 rings (SSSR count). The summed E-state index contributed by atoms with van der Waals surface area (Å²) in [7, 11) is 0. The summed E-state index contributed by atoms with van der Waals surface area (Å²) in [6.45, 7) is 5.02. The van der Waals surface area contributed by atoms with Crippen LogP contribution in [0.5, 0.6) is 0 Å². The van der Waals surface area contributed by atoms with Crippen molar-refractivity contribution in [3.05, 3.63) is 77.9 Å². The monoisotopic (exact) mass is 471 g/mol. The number of benzene rings is 2. The zero-order valence-electron chi connectivity index (χ0n) is 18.6. The zero-order chi connectivity index (χ0) is 22.9. The van der Waals surface area contributed by atoms with Crippen LogP contribution >= 0.6 is 11.8 Å². The Morgan fingerprint density at radius 2 is 1.85 bits per heavy atom. The number of fused-ring (bicyclic) bond motifs is 2. The topological polar surface area (TPSA) is 88.0 Å². The molecular weight excluding hydrogens is 446 g/mol. The maximum Gasteiger partial charge on any atom is 0.275 e. The fraction of sp³-hybridized carbons (Fsp3) is 0.280. The Kier molecular flexibility index (Phi) is 5.74. The Bertz CT molecular complexity index is 1350. The lowest BCUT2D eigenvalue weighted by Crippen LogP contribution is -2.42. The molecule has 1 amide bonds. The predicted octanol–water partition coefficient (Wildman–Crippen LogP) is 3.18. The minimum absolute atomic E-state index is 0.114. The first-order valence-electron chi connectivity index (χ1n) is 11.5. The first-order chi connectivity index (χ1) is 16.7. The Morgan fingerprint density at radius 3 is 2.74 bits per heavy atom. The van der Waals surface area contributed by atoms with Crippen LogP contribution in [0.2, 0.25) is 0 Å². The summed E-state index contributed by atoms with van der Waals surface area (Å²) in [5.74, 6) is 0.625.